The number of nitrogen functional groups attached to an aromatic ring is 1. The molecule has 0 fully saturated rings. The summed E-state index contributed by atoms with van der Waals surface area (Å²) >= 11 is 0. The minimum atomic E-state index is -0.694. The van der Waals surface area contributed by atoms with E-state index in [9.17, 15) is 35.3 Å². The number of fused-ring (bicyclic) bond motifs is 3. The Morgan fingerprint density at radius 3 is 1.87 bits per heavy atom. The number of nitrogens with two attached hydrogens (primary N) is 1. The maximum Gasteiger partial charge on any atom is 0.458 e. The van der Waals surface area contributed by atoms with Crippen molar-refractivity contribution in [3.63, 3.8) is 0 Å². The third-order valence-electron chi connectivity index (χ3n) is 5.49. The molecule has 5 N–H and O–H groups in total. The quantitative estimate of drug-likeness (QED) is 0.0739. The first-order chi connectivity index (χ1) is 17.7. The van der Waals surface area contributed by atoms with E-state index >= 15 is 0 Å². The molecule has 0 atom stereocenters. The molecule has 2 aliphatic rings. The summed E-state index contributed by atoms with van der Waals surface area (Å²) in [6.45, 7) is 0. The standard InChI is InChI=1S/C14H8O5.C7H6N4O2.C5H6.Ti/c15-8-5-9(16)14(19)11-10(8)12(17)6-3-1-2-4-7(6)13(11)18;8-7-9-11(13)6-4-2-1-3-5(6)10(7)12;1-2-4-5-3-1;/h1-5,15-16,19H;1-4H,(H2,8,9);1-4H,5H2;. The number of hydrogen-bond donors (Lipinski definition) is 4. The molecule has 0 unspecified atom stereocenters. The summed E-state index contributed by atoms with van der Waals surface area (Å²) in [6.07, 6.45) is 9.50. The second kappa shape index (κ2) is 11.5. The zero-order chi connectivity index (χ0) is 26.7. The van der Waals surface area contributed by atoms with Gasteiger partial charge in [-0.25, -0.2) is 4.73 Å². The third kappa shape index (κ3) is 5.19. The van der Waals surface area contributed by atoms with Gasteiger partial charge in [0.25, 0.3) is 5.52 Å². The Morgan fingerprint density at radius 1 is 0.789 bits per heavy atom. The number of aromatic hydroxyl groups is 3. The van der Waals surface area contributed by atoms with Crippen molar-refractivity contribution < 1.29 is 56.2 Å². The number of allylic oxidation sites excluding steroid dienone is 4. The Labute approximate surface area is 230 Å². The number of nitrogens with zero attached hydrogens (tertiary/aromatic N) is 3. The first-order valence-corrected chi connectivity index (χ1v) is 10.9. The molecular formula is C26H20N4O7Ti. The van der Waals surface area contributed by atoms with E-state index in [2.05, 4.69) is 29.4 Å². The van der Waals surface area contributed by atoms with Crippen LogP contribution in [-0.2, 0) is 21.7 Å². The second-order valence-corrected chi connectivity index (χ2v) is 7.82. The average molecular weight is 548 g/mol. The van der Waals surface area contributed by atoms with Gasteiger partial charge in [0.2, 0.25) is 5.10 Å². The van der Waals surface area contributed by atoms with Crippen molar-refractivity contribution in [3.05, 3.63) is 112 Å². The van der Waals surface area contributed by atoms with E-state index in [1.807, 2.05) is 0 Å². The zero-order valence-electron chi connectivity index (χ0n) is 19.6. The SMILES string of the molecule is C1=CCC=C1.Nc1n[n+]([O-])c2ccccc2[n+]1[O-].O=C1c2ccccc2C(=O)c2c(O)c(O)cc(O)c21.[Ti]. The molecule has 11 nitrogen and oxygen atoms in total. The van der Waals surface area contributed by atoms with Gasteiger partial charge in [-0.1, -0.05) is 60.7 Å². The number of ketones is 2. The van der Waals surface area contributed by atoms with Crippen LogP contribution in [-0.4, -0.2) is 32.0 Å². The van der Waals surface area contributed by atoms with Crippen LogP contribution in [0, 0.1) is 10.4 Å². The molecule has 12 heteroatoms. The van der Waals surface area contributed by atoms with Crippen LogP contribution < -0.4 is 15.3 Å². The number of para-hydroxylation sites is 2. The number of rotatable bonds is 0. The summed E-state index contributed by atoms with van der Waals surface area (Å²) in [7, 11) is 0. The van der Waals surface area contributed by atoms with Crippen molar-refractivity contribution in [2.24, 2.45) is 0 Å². The fraction of sp³-hybridized carbons (Fsp3) is 0.0385. The smallest absolute Gasteiger partial charge is 0.458 e. The van der Waals surface area contributed by atoms with Gasteiger partial charge < -0.3 is 25.7 Å². The third-order valence-corrected chi connectivity index (χ3v) is 5.49. The van der Waals surface area contributed by atoms with Gasteiger partial charge in [0.05, 0.1) is 11.1 Å². The molecule has 0 saturated carbocycles. The van der Waals surface area contributed by atoms with E-state index in [-0.39, 0.29) is 61.0 Å². The number of anilines is 1. The first kappa shape index (κ1) is 27.8. The van der Waals surface area contributed by atoms with Gasteiger partial charge in [-0.3, -0.25) is 15.3 Å². The Balaban J connectivity index is 0.000000182. The molecule has 1 heterocycles. The molecule has 6 rings (SSSR count). The summed E-state index contributed by atoms with van der Waals surface area (Å²) in [6, 6.07) is 13.3. The Morgan fingerprint density at radius 2 is 1.32 bits per heavy atom. The monoisotopic (exact) mass is 548 g/mol. The maximum atomic E-state index is 12.2. The summed E-state index contributed by atoms with van der Waals surface area (Å²) in [5.41, 5.74) is 5.29. The van der Waals surface area contributed by atoms with Crippen LogP contribution in [0.25, 0.3) is 11.0 Å². The van der Waals surface area contributed by atoms with Crippen LogP contribution in [0.1, 0.15) is 38.3 Å². The zero-order valence-corrected chi connectivity index (χ0v) is 21.2. The fourth-order valence-electron chi connectivity index (χ4n) is 3.75. The van der Waals surface area contributed by atoms with E-state index < -0.39 is 28.8 Å². The van der Waals surface area contributed by atoms with Crippen LogP contribution in [0.2, 0.25) is 0 Å². The van der Waals surface area contributed by atoms with Gasteiger partial charge >= 0.3 is 5.95 Å². The number of aromatic nitrogens is 3. The number of benzene rings is 3. The molecule has 0 saturated heterocycles. The predicted molar refractivity (Wildman–Crippen MR) is 132 cm³/mol. The van der Waals surface area contributed by atoms with Crippen LogP contribution in [0.4, 0.5) is 5.95 Å². The van der Waals surface area contributed by atoms with Crippen molar-refractivity contribution in [1.29, 1.82) is 0 Å². The number of phenols is 3. The van der Waals surface area contributed by atoms with Gasteiger partial charge in [-0.15, -0.1) is 0 Å². The van der Waals surface area contributed by atoms with Crippen LogP contribution in [0.5, 0.6) is 17.2 Å². The van der Waals surface area contributed by atoms with E-state index in [4.69, 9.17) is 5.73 Å². The van der Waals surface area contributed by atoms with Crippen molar-refractivity contribution in [2.75, 3.05) is 5.73 Å². The van der Waals surface area contributed by atoms with Gasteiger partial charge in [-0.05, 0) is 12.5 Å². The number of carbonyl (C=O) groups excluding carboxylic acids is 2. The summed E-state index contributed by atoms with van der Waals surface area (Å²) in [4.78, 5) is 24.8. The van der Waals surface area contributed by atoms with Gasteiger partial charge in [0, 0.05) is 49.8 Å². The van der Waals surface area contributed by atoms with Gasteiger partial charge in [0.1, 0.15) is 5.75 Å². The first-order valence-electron chi connectivity index (χ1n) is 10.9. The molecule has 2 aliphatic carbocycles. The molecule has 0 amide bonds. The largest absolute Gasteiger partial charge is 0.739 e. The number of phenolic OH excluding ortho intramolecular Hbond substituents is 3. The van der Waals surface area contributed by atoms with Crippen molar-refractivity contribution in [1.82, 2.24) is 5.10 Å². The Kier molecular flexibility index (Phi) is 8.46. The molecule has 0 bridgehead atoms. The number of carbonyl (C=O) groups is 2. The Bertz CT molecular complexity index is 1610. The van der Waals surface area contributed by atoms with E-state index in [1.54, 1.807) is 24.3 Å². The molecule has 190 valence electrons. The van der Waals surface area contributed by atoms with Gasteiger partial charge in [0.15, 0.2) is 28.6 Å². The molecule has 0 spiro atoms. The van der Waals surface area contributed by atoms with Crippen molar-refractivity contribution in [2.45, 2.75) is 6.42 Å². The topological polar surface area (TPSA) is 188 Å². The minimum absolute atomic E-state index is 0. The predicted octanol–water partition coefficient (Wildman–Crippen LogP) is 2.16. The Hall–Kier alpha value is -4.74. The maximum absolute atomic E-state index is 12.2. The van der Waals surface area contributed by atoms with E-state index in [0.717, 1.165) is 12.5 Å². The second-order valence-electron chi connectivity index (χ2n) is 7.82. The summed E-state index contributed by atoms with van der Waals surface area (Å²) < 4.78 is 0.420. The fourth-order valence-corrected chi connectivity index (χ4v) is 3.75. The molecule has 4 aromatic rings. The normalized spacial score (nSPS) is 12.4. The summed E-state index contributed by atoms with van der Waals surface area (Å²) in [5.74, 6) is -3.38. The van der Waals surface area contributed by atoms with Crippen molar-refractivity contribution in [3.8, 4) is 17.2 Å². The van der Waals surface area contributed by atoms with Gasteiger partial charge in [-0.2, -0.15) is 0 Å². The molecule has 1 aromatic heterocycles. The van der Waals surface area contributed by atoms with Crippen LogP contribution in [0.15, 0.2) is 78.9 Å². The molecule has 0 radical (unpaired) electrons. The molecule has 0 aliphatic heterocycles. The summed E-state index contributed by atoms with van der Waals surface area (Å²) in [5, 5.41) is 54.6. The molecule has 38 heavy (non-hydrogen) atoms. The minimum Gasteiger partial charge on any atom is -0.739 e. The number of hydrogen-bond acceptors (Lipinski definition) is 9. The van der Waals surface area contributed by atoms with E-state index in [1.165, 1.54) is 24.3 Å². The van der Waals surface area contributed by atoms with Crippen LogP contribution in [0.3, 0.4) is 0 Å². The molecule has 3 aromatic carbocycles. The molecular weight excluding hydrogens is 528 g/mol. The van der Waals surface area contributed by atoms with Crippen molar-refractivity contribution >= 4 is 28.5 Å². The van der Waals surface area contributed by atoms with E-state index in [0.29, 0.717) is 9.58 Å². The van der Waals surface area contributed by atoms with Crippen LogP contribution >= 0.6 is 0 Å². The average Bonchev–Trinajstić information content (AvgIpc) is 3.49.